The van der Waals surface area contributed by atoms with E-state index in [-0.39, 0.29) is 5.25 Å². The zero-order chi connectivity index (χ0) is 19.5. The Labute approximate surface area is 167 Å². The van der Waals surface area contributed by atoms with Crippen LogP contribution < -0.4 is 0 Å². The highest BCUT2D eigenvalue weighted by atomic mass is 32.2. The Balaban J connectivity index is 1.58. The van der Waals surface area contributed by atoms with Crippen molar-refractivity contribution < 1.29 is 0 Å². The molecule has 4 rings (SSSR count). The highest BCUT2D eigenvalue weighted by Crippen LogP contribution is 2.33. The highest BCUT2D eigenvalue weighted by molar-refractivity contribution is 7.99. The molecule has 142 valence electrons. The van der Waals surface area contributed by atoms with Crippen LogP contribution in [0.4, 0.5) is 0 Å². The van der Waals surface area contributed by atoms with E-state index in [0.717, 1.165) is 17.2 Å². The first-order valence-corrected chi connectivity index (χ1v) is 9.90. The number of hydrogen-bond acceptors (Lipinski definition) is 7. The zero-order valence-corrected chi connectivity index (χ0v) is 16.7. The first-order chi connectivity index (χ1) is 13.6. The minimum Gasteiger partial charge on any atom is -0.196 e. The van der Waals surface area contributed by atoms with Gasteiger partial charge in [0.2, 0.25) is 5.16 Å². The largest absolute Gasteiger partial charge is 0.214 e. The van der Waals surface area contributed by atoms with Gasteiger partial charge in [-0.15, -0.1) is 10.2 Å². The summed E-state index contributed by atoms with van der Waals surface area (Å²) in [6, 6.07) is 18.1. The zero-order valence-electron chi connectivity index (χ0n) is 15.8. The molecule has 2 aromatic heterocycles. The lowest BCUT2D eigenvalue weighted by Crippen LogP contribution is -2.06. The Morgan fingerprint density at radius 2 is 1.39 bits per heavy atom. The first kappa shape index (κ1) is 18.3. The van der Waals surface area contributed by atoms with E-state index < -0.39 is 0 Å². The number of tetrazole rings is 2. The fraction of sp³-hybridized carbons (Fsp3) is 0.263. The molecule has 0 amide bonds. The summed E-state index contributed by atoms with van der Waals surface area (Å²) in [5, 5.41) is 25.0. The average molecular weight is 392 g/mol. The molecule has 2 aromatic carbocycles. The van der Waals surface area contributed by atoms with E-state index in [1.807, 2.05) is 49.4 Å². The molecule has 2 heterocycles. The van der Waals surface area contributed by atoms with Crippen LogP contribution in [-0.2, 0) is 0 Å². The molecule has 0 radical (unpaired) electrons. The van der Waals surface area contributed by atoms with E-state index in [2.05, 4.69) is 57.0 Å². The average Bonchev–Trinajstić information content (AvgIpc) is 3.38. The maximum atomic E-state index is 4.21. The summed E-state index contributed by atoms with van der Waals surface area (Å²) in [6.07, 6.45) is 0. The second kappa shape index (κ2) is 7.89. The van der Waals surface area contributed by atoms with E-state index in [4.69, 9.17) is 0 Å². The van der Waals surface area contributed by atoms with Crippen molar-refractivity contribution in [3.63, 3.8) is 0 Å². The first-order valence-electron chi connectivity index (χ1n) is 9.02. The lowest BCUT2D eigenvalue weighted by molar-refractivity contribution is 0.746. The fourth-order valence-electron chi connectivity index (χ4n) is 2.83. The van der Waals surface area contributed by atoms with Crippen molar-refractivity contribution in [3.8, 4) is 11.4 Å². The predicted octanol–water partition coefficient (Wildman–Crippen LogP) is 3.61. The van der Waals surface area contributed by atoms with Gasteiger partial charge in [-0.1, -0.05) is 55.9 Å². The van der Waals surface area contributed by atoms with Crippen molar-refractivity contribution in [3.05, 3.63) is 66.0 Å². The lowest BCUT2D eigenvalue weighted by atomic mass is 10.0. The SMILES string of the molecule is CC(C)c1ccc(-n2nnnc2S[C@@H](C)c2nnnn2-c2ccccc2)cc1. The van der Waals surface area contributed by atoms with E-state index in [1.54, 1.807) is 9.36 Å². The predicted molar refractivity (Wildman–Crippen MR) is 107 cm³/mol. The van der Waals surface area contributed by atoms with Crippen LogP contribution in [-0.4, -0.2) is 40.4 Å². The number of hydrogen-bond donors (Lipinski definition) is 0. The summed E-state index contributed by atoms with van der Waals surface area (Å²) < 4.78 is 3.48. The Bertz CT molecular complexity index is 1040. The quantitative estimate of drug-likeness (QED) is 0.463. The molecule has 0 aliphatic rings. The van der Waals surface area contributed by atoms with Gasteiger partial charge in [0.05, 0.1) is 16.6 Å². The molecular weight excluding hydrogens is 372 g/mol. The molecule has 0 spiro atoms. The maximum absolute atomic E-state index is 4.21. The Hall–Kier alpha value is -3.07. The lowest BCUT2D eigenvalue weighted by Gasteiger charge is -2.11. The molecule has 0 bridgehead atoms. The fourth-order valence-corrected chi connectivity index (χ4v) is 3.72. The molecule has 0 unspecified atom stereocenters. The topological polar surface area (TPSA) is 87.2 Å². The number of rotatable bonds is 6. The molecular formula is C19H20N8S. The summed E-state index contributed by atoms with van der Waals surface area (Å²) in [7, 11) is 0. The van der Waals surface area contributed by atoms with Gasteiger partial charge in [0.1, 0.15) is 0 Å². The van der Waals surface area contributed by atoms with Crippen LogP contribution in [0, 0.1) is 0 Å². The van der Waals surface area contributed by atoms with Gasteiger partial charge in [-0.25, -0.2) is 0 Å². The van der Waals surface area contributed by atoms with Crippen LogP contribution in [0.1, 0.15) is 43.3 Å². The van der Waals surface area contributed by atoms with Crippen molar-refractivity contribution in [1.29, 1.82) is 0 Å². The van der Waals surface area contributed by atoms with Gasteiger partial charge in [0, 0.05) is 0 Å². The van der Waals surface area contributed by atoms with E-state index in [1.165, 1.54) is 17.3 Å². The van der Waals surface area contributed by atoms with Crippen LogP contribution in [0.2, 0.25) is 0 Å². The van der Waals surface area contributed by atoms with E-state index in [9.17, 15) is 0 Å². The summed E-state index contributed by atoms with van der Waals surface area (Å²) in [6.45, 7) is 6.38. The molecule has 0 N–H and O–H groups in total. The molecule has 0 saturated heterocycles. The molecule has 8 nitrogen and oxygen atoms in total. The standard InChI is InChI=1S/C19H20N8S/c1-13(2)15-9-11-17(12-10-15)27-19(21-23-25-27)28-14(3)18-20-22-24-26(18)16-7-5-4-6-8-16/h4-14H,1-3H3/t14-/m0/s1. The van der Waals surface area contributed by atoms with Crippen LogP contribution >= 0.6 is 11.8 Å². The number of thioether (sulfide) groups is 1. The minimum absolute atomic E-state index is 0.0464. The minimum atomic E-state index is -0.0464. The Morgan fingerprint density at radius 1 is 0.750 bits per heavy atom. The maximum Gasteiger partial charge on any atom is 0.214 e. The molecule has 4 aromatic rings. The van der Waals surface area contributed by atoms with Crippen LogP contribution in [0.15, 0.2) is 59.8 Å². The van der Waals surface area contributed by atoms with Gasteiger partial charge >= 0.3 is 0 Å². The smallest absolute Gasteiger partial charge is 0.196 e. The molecule has 28 heavy (non-hydrogen) atoms. The van der Waals surface area contributed by atoms with Gasteiger partial charge in [-0.2, -0.15) is 9.36 Å². The van der Waals surface area contributed by atoms with Crippen LogP contribution in [0.25, 0.3) is 11.4 Å². The third kappa shape index (κ3) is 3.65. The third-order valence-electron chi connectivity index (χ3n) is 4.39. The highest BCUT2D eigenvalue weighted by Gasteiger charge is 2.20. The molecule has 0 saturated carbocycles. The Morgan fingerprint density at radius 3 is 2.11 bits per heavy atom. The second-order valence-corrected chi connectivity index (χ2v) is 7.97. The number of aromatic nitrogens is 8. The van der Waals surface area contributed by atoms with Gasteiger partial charge in [-0.3, -0.25) is 0 Å². The van der Waals surface area contributed by atoms with Crippen molar-refractivity contribution >= 4 is 11.8 Å². The Kier molecular flexibility index (Phi) is 5.16. The van der Waals surface area contributed by atoms with Gasteiger partial charge < -0.3 is 0 Å². The molecule has 0 aliphatic heterocycles. The number of para-hydroxylation sites is 1. The molecule has 0 fully saturated rings. The summed E-state index contributed by atoms with van der Waals surface area (Å²) in [4.78, 5) is 0. The molecule has 0 aliphatic carbocycles. The van der Waals surface area contributed by atoms with Gasteiger partial charge in [-0.05, 0) is 63.5 Å². The van der Waals surface area contributed by atoms with Gasteiger partial charge in [0.15, 0.2) is 5.82 Å². The van der Waals surface area contributed by atoms with E-state index >= 15 is 0 Å². The van der Waals surface area contributed by atoms with Crippen molar-refractivity contribution in [2.24, 2.45) is 0 Å². The molecule has 9 heteroatoms. The van der Waals surface area contributed by atoms with Gasteiger partial charge in [0.25, 0.3) is 0 Å². The van der Waals surface area contributed by atoms with Crippen LogP contribution in [0.3, 0.4) is 0 Å². The van der Waals surface area contributed by atoms with E-state index in [0.29, 0.717) is 11.1 Å². The normalized spacial score (nSPS) is 12.4. The summed E-state index contributed by atoms with van der Waals surface area (Å²) in [5.41, 5.74) is 3.12. The number of benzene rings is 2. The van der Waals surface area contributed by atoms with Crippen molar-refractivity contribution in [1.82, 2.24) is 40.4 Å². The van der Waals surface area contributed by atoms with Crippen molar-refractivity contribution in [2.75, 3.05) is 0 Å². The monoisotopic (exact) mass is 392 g/mol. The van der Waals surface area contributed by atoms with Crippen LogP contribution in [0.5, 0.6) is 0 Å². The molecule has 1 atom stereocenters. The second-order valence-electron chi connectivity index (χ2n) is 6.66. The summed E-state index contributed by atoms with van der Waals surface area (Å²) in [5.74, 6) is 1.22. The third-order valence-corrected chi connectivity index (χ3v) is 5.42. The number of nitrogens with zero attached hydrogens (tertiary/aromatic N) is 8. The van der Waals surface area contributed by atoms with Crippen molar-refractivity contribution in [2.45, 2.75) is 37.1 Å². The summed E-state index contributed by atoms with van der Waals surface area (Å²) >= 11 is 1.51.